The molecule has 0 aliphatic carbocycles. The molecule has 0 fully saturated rings. The summed E-state index contributed by atoms with van der Waals surface area (Å²) in [6.45, 7) is 7.46. The Hall–Kier alpha value is -2.12. The van der Waals surface area contributed by atoms with Gasteiger partial charge in [-0.3, -0.25) is 14.8 Å². The van der Waals surface area contributed by atoms with Gasteiger partial charge in [0, 0.05) is 17.7 Å². The molecule has 1 aromatic carbocycles. The lowest BCUT2D eigenvalue weighted by Crippen LogP contribution is -2.39. The Morgan fingerprint density at radius 3 is 2.92 bits per heavy atom. The van der Waals surface area contributed by atoms with Gasteiger partial charge in [0.25, 0.3) is 5.91 Å². The molecule has 0 saturated heterocycles. The first-order valence-corrected chi connectivity index (χ1v) is 8.09. The molecule has 2 atom stereocenters. The molecule has 0 aromatic heterocycles. The molecule has 2 unspecified atom stereocenters. The second-order valence-electron chi connectivity index (χ2n) is 5.81. The summed E-state index contributed by atoms with van der Waals surface area (Å²) in [5.41, 5.74) is 2.73. The highest BCUT2D eigenvalue weighted by Gasteiger charge is 2.30. The number of hydroxylamine groups is 1. The van der Waals surface area contributed by atoms with E-state index in [2.05, 4.69) is 0 Å². The molecule has 7 nitrogen and oxygen atoms in total. The number of nitrogens with zero attached hydrogens (tertiary/aromatic N) is 1. The summed E-state index contributed by atoms with van der Waals surface area (Å²) in [6.07, 6.45) is 0. The largest absolute Gasteiger partial charge is 0.491 e. The van der Waals surface area contributed by atoms with Crippen molar-refractivity contribution in [3.05, 3.63) is 29.3 Å². The molecule has 0 saturated carbocycles. The van der Waals surface area contributed by atoms with E-state index in [1.54, 1.807) is 28.6 Å². The zero-order valence-electron chi connectivity index (χ0n) is 14.2. The Balaban J connectivity index is 2.22. The van der Waals surface area contributed by atoms with Gasteiger partial charge in [-0.1, -0.05) is 13.0 Å². The maximum absolute atomic E-state index is 12.7. The Kier molecular flexibility index (Phi) is 6.16. The fourth-order valence-corrected chi connectivity index (χ4v) is 2.78. The SMILES string of the molecule is CCOCC(C)C(=O)N1CCOc2cc(C(=O)NO)ccc2C1C. The van der Waals surface area contributed by atoms with E-state index in [0.717, 1.165) is 5.56 Å². The minimum atomic E-state index is -0.600. The minimum Gasteiger partial charge on any atom is -0.491 e. The van der Waals surface area contributed by atoms with Gasteiger partial charge in [0.2, 0.25) is 5.91 Å². The van der Waals surface area contributed by atoms with Crippen LogP contribution in [0.1, 0.15) is 42.7 Å². The number of rotatable bonds is 5. The molecule has 132 valence electrons. The van der Waals surface area contributed by atoms with E-state index < -0.39 is 5.91 Å². The van der Waals surface area contributed by atoms with Gasteiger partial charge in [-0.15, -0.1) is 0 Å². The summed E-state index contributed by atoms with van der Waals surface area (Å²) in [7, 11) is 0. The van der Waals surface area contributed by atoms with Gasteiger partial charge in [0.1, 0.15) is 12.4 Å². The summed E-state index contributed by atoms with van der Waals surface area (Å²) in [5.74, 6) is -0.258. The van der Waals surface area contributed by atoms with E-state index in [4.69, 9.17) is 14.7 Å². The number of amides is 2. The van der Waals surface area contributed by atoms with Crippen LogP contribution in [0.4, 0.5) is 0 Å². The van der Waals surface area contributed by atoms with Crippen molar-refractivity contribution in [2.45, 2.75) is 26.8 Å². The molecule has 24 heavy (non-hydrogen) atoms. The zero-order chi connectivity index (χ0) is 17.7. The average Bonchev–Trinajstić information content (AvgIpc) is 2.76. The fourth-order valence-electron chi connectivity index (χ4n) is 2.78. The van der Waals surface area contributed by atoms with Crippen LogP contribution in [-0.2, 0) is 9.53 Å². The van der Waals surface area contributed by atoms with Crippen molar-refractivity contribution in [2.75, 3.05) is 26.4 Å². The van der Waals surface area contributed by atoms with Crippen LogP contribution in [0.15, 0.2) is 18.2 Å². The first kappa shape index (κ1) is 18.2. The number of carbonyl (C=O) groups is 2. The third-order valence-corrected chi connectivity index (χ3v) is 4.16. The highest BCUT2D eigenvalue weighted by atomic mass is 16.5. The van der Waals surface area contributed by atoms with E-state index in [0.29, 0.717) is 37.7 Å². The van der Waals surface area contributed by atoms with E-state index in [1.165, 1.54) is 0 Å². The van der Waals surface area contributed by atoms with Crippen LogP contribution in [-0.4, -0.2) is 48.3 Å². The second kappa shape index (κ2) is 8.12. The summed E-state index contributed by atoms with van der Waals surface area (Å²) in [6, 6.07) is 4.76. The zero-order valence-corrected chi connectivity index (χ0v) is 14.2. The van der Waals surface area contributed by atoms with Gasteiger partial charge in [-0.05, 0) is 26.0 Å². The topological polar surface area (TPSA) is 88.1 Å². The first-order valence-electron chi connectivity index (χ1n) is 8.09. The van der Waals surface area contributed by atoms with Crippen LogP contribution < -0.4 is 10.2 Å². The van der Waals surface area contributed by atoms with Crippen LogP contribution in [0.2, 0.25) is 0 Å². The molecule has 0 spiro atoms. The summed E-state index contributed by atoms with van der Waals surface area (Å²) < 4.78 is 11.1. The number of carbonyl (C=O) groups excluding carboxylic acids is 2. The third kappa shape index (κ3) is 3.85. The number of fused-ring (bicyclic) bond motifs is 1. The molecule has 1 aliphatic heterocycles. The quantitative estimate of drug-likeness (QED) is 0.632. The van der Waals surface area contributed by atoms with Crippen molar-refractivity contribution < 1.29 is 24.3 Å². The van der Waals surface area contributed by atoms with Gasteiger partial charge >= 0.3 is 0 Å². The van der Waals surface area contributed by atoms with Crippen molar-refractivity contribution in [1.82, 2.24) is 10.4 Å². The van der Waals surface area contributed by atoms with Crippen LogP contribution in [0.5, 0.6) is 5.75 Å². The molecular weight excluding hydrogens is 312 g/mol. The standard InChI is InChI=1S/C17H24N2O5/c1-4-23-10-11(2)17(21)19-7-8-24-15-9-13(16(20)18-22)5-6-14(15)12(19)3/h5-6,9,11-12,22H,4,7-8,10H2,1-3H3,(H,18,20). The van der Waals surface area contributed by atoms with Crippen LogP contribution >= 0.6 is 0 Å². The minimum absolute atomic E-state index is 0.0181. The van der Waals surface area contributed by atoms with Gasteiger partial charge in [0.05, 0.1) is 25.1 Å². The van der Waals surface area contributed by atoms with Crippen LogP contribution in [0.25, 0.3) is 0 Å². The van der Waals surface area contributed by atoms with E-state index >= 15 is 0 Å². The molecular formula is C17H24N2O5. The fraction of sp³-hybridized carbons (Fsp3) is 0.529. The highest BCUT2D eigenvalue weighted by molar-refractivity contribution is 5.94. The molecule has 0 radical (unpaired) electrons. The monoisotopic (exact) mass is 336 g/mol. The third-order valence-electron chi connectivity index (χ3n) is 4.16. The second-order valence-corrected chi connectivity index (χ2v) is 5.81. The van der Waals surface area contributed by atoms with Crippen molar-refractivity contribution in [2.24, 2.45) is 5.92 Å². The molecule has 0 bridgehead atoms. The Bertz CT molecular complexity index is 605. The molecule has 1 heterocycles. The number of nitrogens with one attached hydrogen (secondary N) is 1. The van der Waals surface area contributed by atoms with Gasteiger partial charge < -0.3 is 14.4 Å². The van der Waals surface area contributed by atoms with Crippen LogP contribution in [0, 0.1) is 5.92 Å². The van der Waals surface area contributed by atoms with Gasteiger partial charge in [-0.25, -0.2) is 5.48 Å². The lowest BCUT2D eigenvalue weighted by atomic mass is 10.0. The lowest BCUT2D eigenvalue weighted by molar-refractivity contribution is -0.139. The Labute approximate surface area is 141 Å². The molecule has 1 aliphatic rings. The normalized spacial score (nSPS) is 18.2. The highest BCUT2D eigenvalue weighted by Crippen LogP contribution is 2.33. The van der Waals surface area contributed by atoms with Crippen molar-refractivity contribution in [3.8, 4) is 5.75 Å². The van der Waals surface area contributed by atoms with Crippen molar-refractivity contribution in [1.29, 1.82) is 0 Å². The predicted octanol–water partition coefficient (Wildman–Crippen LogP) is 1.76. The Morgan fingerprint density at radius 1 is 1.50 bits per heavy atom. The number of ether oxygens (including phenoxy) is 2. The van der Waals surface area contributed by atoms with E-state index in [1.807, 2.05) is 20.8 Å². The van der Waals surface area contributed by atoms with Gasteiger partial charge in [0.15, 0.2) is 0 Å². The van der Waals surface area contributed by atoms with Gasteiger partial charge in [-0.2, -0.15) is 0 Å². The molecule has 7 heteroatoms. The summed E-state index contributed by atoms with van der Waals surface area (Å²) in [4.78, 5) is 26.0. The lowest BCUT2D eigenvalue weighted by Gasteiger charge is -2.29. The maximum Gasteiger partial charge on any atom is 0.274 e. The van der Waals surface area contributed by atoms with Crippen molar-refractivity contribution in [3.63, 3.8) is 0 Å². The van der Waals surface area contributed by atoms with E-state index in [9.17, 15) is 9.59 Å². The predicted molar refractivity (Wildman–Crippen MR) is 87.0 cm³/mol. The Morgan fingerprint density at radius 2 is 2.25 bits per heavy atom. The number of benzene rings is 1. The molecule has 2 N–H and O–H groups in total. The molecule has 2 amide bonds. The summed E-state index contributed by atoms with van der Waals surface area (Å²) in [5, 5.41) is 8.74. The number of hydrogen-bond donors (Lipinski definition) is 2. The first-order chi connectivity index (χ1) is 11.5. The average molecular weight is 336 g/mol. The number of hydrogen-bond acceptors (Lipinski definition) is 5. The molecule has 2 rings (SSSR count). The summed E-state index contributed by atoms with van der Waals surface area (Å²) >= 11 is 0. The van der Waals surface area contributed by atoms with Crippen molar-refractivity contribution >= 4 is 11.8 Å². The van der Waals surface area contributed by atoms with E-state index in [-0.39, 0.29) is 17.9 Å². The van der Waals surface area contributed by atoms with Crippen LogP contribution in [0.3, 0.4) is 0 Å². The molecule has 1 aromatic rings. The smallest absolute Gasteiger partial charge is 0.274 e. The maximum atomic E-state index is 12.7.